The standard InChI is InChI=1S/C14H12ClN3O/c1-9-13(14(19)18-8-17-9)3-2-10-4-11(7-16)6-12(15)5-10/h4-6,8H,2-3H2,1H3,(H,17,18,19). The van der Waals surface area contributed by atoms with Crippen LogP contribution in [0.25, 0.3) is 0 Å². The topological polar surface area (TPSA) is 69.5 Å². The van der Waals surface area contributed by atoms with Gasteiger partial charge in [0, 0.05) is 16.3 Å². The monoisotopic (exact) mass is 273 g/mol. The van der Waals surface area contributed by atoms with Crippen molar-refractivity contribution in [3.8, 4) is 6.07 Å². The maximum atomic E-state index is 11.7. The van der Waals surface area contributed by atoms with Gasteiger partial charge in [-0.2, -0.15) is 5.26 Å². The van der Waals surface area contributed by atoms with E-state index >= 15 is 0 Å². The number of H-pyrrole nitrogens is 1. The second-order valence-electron chi connectivity index (χ2n) is 4.26. The predicted octanol–water partition coefficient (Wildman–Crippen LogP) is 2.39. The Bertz CT molecular complexity index is 701. The van der Waals surface area contributed by atoms with E-state index in [0.717, 1.165) is 11.3 Å². The Hall–Kier alpha value is -2.12. The number of aromatic nitrogens is 2. The summed E-state index contributed by atoms with van der Waals surface area (Å²) in [5.74, 6) is 0. The van der Waals surface area contributed by atoms with Gasteiger partial charge >= 0.3 is 0 Å². The van der Waals surface area contributed by atoms with Gasteiger partial charge in [-0.15, -0.1) is 0 Å². The van der Waals surface area contributed by atoms with Gasteiger partial charge in [0.05, 0.1) is 18.0 Å². The van der Waals surface area contributed by atoms with Crippen molar-refractivity contribution in [2.24, 2.45) is 0 Å². The van der Waals surface area contributed by atoms with E-state index in [1.54, 1.807) is 12.1 Å². The maximum absolute atomic E-state index is 11.7. The fourth-order valence-electron chi connectivity index (χ4n) is 1.94. The first kappa shape index (κ1) is 13.3. The van der Waals surface area contributed by atoms with Crippen LogP contribution in [0.5, 0.6) is 0 Å². The molecule has 96 valence electrons. The largest absolute Gasteiger partial charge is 0.313 e. The highest BCUT2D eigenvalue weighted by atomic mass is 35.5. The Morgan fingerprint density at radius 2 is 2.16 bits per heavy atom. The molecular weight excluding hydrogens is 262 g/mol. The molecule has 0 amide bonds. The minimum absolute atomic E-state index is 0.116. The zero-order valence-electron chi connectivity index (χ0n) is 10.4. The number of nitrogens with one attached hydrogen (secondary N) is 1. The molecule has 0 aliphatic rings. The molecule has 1 heterocycles. The summed E-state index contributed by atoms with van der Waals surface area (Å²) in [4.78, 5) is 18.3. The van der Waals surface area contributed by atoms with Crippen LogP contribution < -0.4 is 5.56 Å². The fraction of sp³-hybridized carbons (Fsp3) is 0.214. The highest BCUT2D eigenvalue weighted by Gasteiger charge is 2.06. The number of nitriles is 1. The van der Waals surface area contributed by atoms with Crippen LogP contribution in [0, 0.1) is 18.3 Å². The van der Waals surface area contributed by atoms with Crippen LogP contribution in [0.2, 0.25) is 5.02 Å². The van der Waals surface area contributed by atoms with Gasteiger partial charge in [0.25, 0.3) is 5.56 Å². The van der Waals surface area contributed by atoms with Crippen molar-refractivity contribution in [1.82, 2.24) is 9.97 Å². The van der Waals surface area contributed by atoms with E-state index in [0.29, 0.717) is 29.0 Å². The molecule has 0 saturated heterocycles. The number of nitrogens with zero attached hydrogens (tertiary/aromatic N) is 2. The number of benzene rings is 1. The summed E-state index contributed by atoms with van der Waals surface area (Å²) in [7, 11) is 0. The Morgan fingerprint density at radius 3 is 2.84 bits per heavy atom. The number of halogens is 1. The highest BCUT2D eigenvalue weighted by molar-refractivity contribution is 6.30. The van der Waals surface area contributed by atoms with E-state index < -0.39 is 0 Å². The summed E-state index contributed by atoms with van der Waals surface area (Å²) in [6.45, 7) is 1.81. The molecule has 0 fully saturated rings. The van der Waals surface area contributed by atoms with Gasteiger partial charge in [-0.3, -0.25) is 4.79 Å². The lowest BCUT2D eigenvalue weighted by atomic mass is 10.0. The first-order valence-electron chi connectivity index (χ1n) is 5.83. The molecule has 0 aliphatic heterocycles. The molecule has 2 aromatic rings. The molecule has 4 nitrogen and oxygen atoms in total. The molecular formula is C14H12ClN3O. The third kappa shape index (κ3) is 3.21. The summed E-state index contributed by atoms with van der Waals surface area (Å²) in [5, 5.41) is 9.42. The molecule has 19 heavy (non-hydrogen) atoms. The van der Waals surface area contributed by atoms with E-state index in [-0.39, 0.29) is 5.56 Å². The molecule has 1 aromatic heterocycles. The van der Waals surface area contributed by atoms with Crippen LogP contribution in [0.4, 0.5) is 0 Å². The molecule has 5 heteroatoms. The number of hydrogen-bond acceptors (Lipinski definition) is 3. The molecule has 0 spiro atoms. The van der Waals surface area contributed by atoms with E-state index in [4.69, 9.17) is 16.9 Å². The van der Waals surface area contributed by atoms with Crippen molar-refractivity contribution in [2.45, 2.75) is 19.8 Å². The smallest absolute Gasteiger partial charge is 0.254 e. The van der Waals surface area contributed by atoms with E-state index in [1.807, 2.05) is 13.0 Å². The average Bonchev–Trinajstić information content (AvgIpc) is 2.37. The van der Waals surface area contributed by atoms with Crippen LogP contribution >= 0.6 is 11.6 Å². The first-order chi connectivity index (χ1) is 9.10. The summed E-state index contributed by atoms with van der Waals surface area (Å²) >= 11 is 5.94. The second kappa shape index (κ2) is 5.68. The molecule has 0 atom stereocenters. The second-order valence-corrected chi connectivity index (χ2v) is 4.69. The Morgan fingerprint density at radius 1 is 1.37 bits per heavy atom. The molecule has 0 unspecified atom stereocenters. The Labute approximate surface area is 115 Å². The van der Waals surface area contributed by atoms with Gasteiger partial charge in [-0.25, -0.2) is 4.98 Å². The normalized spacial score (nSPS) is 10.2. The zero-order chi connectivity index (χ0) is 13.8. The summed E-state index contributed by atoms with van der Waals surface area (Å²) in [6.07, 6.45) is 2.61. The lowest BCUT2D eigenvalue weighted by Crippen LogP contribution is -2.16. The maximum Gasteiger partial charge on any atom is 0.254 e. The van der Waals surface area contributed by atoms with Crippen molar-refractivity contribution in [1.29, 1.82) is 5.26 Å². The molecule has 0 bridgehead atoms. The number of hydrogen-bond donors (Lipinski definition) is 1. The first-order valence-corrected chi connectivity index (χ1v) is 6.20. The van der Waals surface area contributed by atoms with Crippen LogP contribution in [-0.4, -0.2) is 9.97 Å². The van der Waals surface area contributed by atoms with Gasteiger partial charge in [0.2, 0.25) is 0 Å². The quantitative estimate of drug-likeness (QED) is 0.933. The molecule has 1 aromatic carbocycles. The van der Waals surface area contributed by atoms with Crippen LogP contribution in [0.1, 0.15) is 22.4 Å². The van der Waals surface area contributed by atoms with E-state index in [2.05, 4.69) is 16.0 Å². The minimum Gasteiger partial charge on any atom is -0.313 e. The lowest BCUT2D eigenvalue weighted by molar-refractivity contribution is 0.889. The highest BCUT2D eigenvalue weighted by Crippen LogP contribution is 2.16. The summed E-state index contributed by atoms with van der Waals surface area (Å²) in [5.41, 5.74) is 2.74. The summed E-state index contributed by atoms with van der Waals surface area (Å²) < 4.78 is 0. The SMILES string of the molecule is Cc1nc[nH]c(=O)c1CCc1cc(Cl)cc(C#N)c1. The number of aromatic amines is 1. The molecule has 0 radical (unpaired) electrons. The van der Waals surface area contributed by atoms with Crippen molar-refractivity contribution in [2.75, 3.05) is 0 Å². The lowest BCUT2D eigenvalue weighted by Gasteiger charge is -2.05. The third-order valence-electron chi connectivity index (χ3n) is 2.92. The van der Waals surface area contributed by atoms with Crippen molar-refractivity contribution >= 4 is 11.6 Å². The zero-order valence-corrected chi connectivity index (χ0v) is 11.2. The van der Waals surface area contributed by atoms with Crippen molar-refractivity contribution in [3.05, 3.63) is 62.3 Å². The van der Waals surface area contributed by atoms with Gasteiger partial charge in [-0.1, -0.05) is 11.6 Å². The van der Waals surface area contributed by atoms with Gasteiger partial charge in [0.15, 0.2) is 0 Å². The molecule has 1 N–H and O–H groups in total. The van der Waals surface area contributed by atoms with Gasteiger partial charge in [-0.05, 0) is 43.5 Å². The van der Waals surface area contributed by atoms with Crippen LogP contribution in [0.15, 0.2) is 29.3 Å². The number of aryl methyl sites for hydroxylation is 2. The predicted molar refractivity (Wildman–Crippen MR) is 73.2 cm³/mol. The fourth-order valence-corrected chi connectivity index (χ4v) is 2.20. The van der Waals surface area contributed by atoms with E-state index in [9.17, 15) is 4.79 Å². The van der Waals surface area contributed by atoms with Gasteiger partial charge < -0.3 is 4.98 Å². The van der Waals surface area contributed by atoms with Crippen molar-refractivity contribution < 1.29 is 0 Å². The number of rotatable bonds is 3. The van der Waals surface area contributed by atoms with Crippen LogP contribution in [-0.2, 0) is 12.8 Å². The minimum atomic E-state index is -0.116. The van der Waals surface area contributed by atoms with Gasteiger partial charge in [0.1, 0.15) is 0 Å². The molecule has 2 rings (SSSR count). The average molecular weight is 274 g/mol. The third-order valence-corrected chi connectivity index (χ3v) is 3.13. The van der Waals surface area contributed by atoms with E-state index in [1.165, 1.54) is 6.33 Å². The Balaban J connectivity index is 2.22. The Kier molecular flexibility index (Phi) is 3.98. The van der Waals surface area contributed by atoms with Crippen molar-refractivity contribution in [3.63, 3.8) is 0 Å². The molecule has 0 aliphatic carbocycles. The molecule has 0 saturated carbocycles. The van der Waals surface area contributed by atoms with Crippen LogP contribution in [0.3, 0.4) is 0 Å². The summed E-state index contributed by atoms with van der Waals surface area (Å²) in [6, 6.07) is 7.27.